The maximum Gasteiger partial charge on any atom is 0.0823 e. The van der Waals surface area contributed by atoms with E-state index < -0.39 is 24.2 Å². The summed E-state index contributed by atoms with van der Waals surface area (Å²) in [6.07, 6.45) is 10.1. The molecule has 0 aromatic heterocycles. The highest BCUT2D eigenvalue weighted by molar-refractivity contribution is 6.84. The molecular formula is C23H44Si3. The predicted octanol–water partition coefficient (Wildman–Crippen LogP) is 8.04. The van der Waals surface area contributed by atoms with Crippen molar-refractivity contribution in [3.63, 3.8) is 0 Å². The molecular weight excluding hydrogens is 361 g/mol. The number of hydrogen-bond acceptors (Lipinski definition) is 0. The van der Waals surface area contributed by atoms with E-state index in [1.54, 1.807) is 10.4 Å². The molecule has 1 aliphatic carbocycles. The molecule has 0 amide bonds. The molecule has 0 bridgehead atoms. The van der Waals surface area contributed by atoms with E-state index in [9.17, 15) is 0 Å². The third-order valence-corrected chi connectivity index (χ3v) is 12.5. The largest absolute Gasteiger partial charge is 0.132 e. The lowest BCUT2D eigenvalue weighted by Gasteiger charge is -2.26. The van der Waals surface area contributed by atoms with Gasteiger partial charge in [0.1, 0.15) is 0 Å². The average molecular weight is 405 g/mol. The Hall–Kier alpha value is -0.269. The van der Waals surface area contributed by atoms with Crippen LogP contribution in [0.25, 0.3) is 0 Å². The van der Waals surface area contributed by atoms with Gasteiger partial charge in [-0.05, 0) is 48.9 Å². The van der Waals surface area contributed by atoms with E-state index in [0.29, 0.717) is 5.54 Å². The summed E-state index contributed by atoms with van der Waals surface area (Å²) in [6.45, 7) is 22.5. The number of allylic oxidation sites excluding steroid dienone is 1. The van der Waals surface area contributed by atoms with Crippen molar-refractivity contribution >= 4 is 24.2 Å². The molecule has 0 nitrogen and oxygen atoms in total. The third kappa shape index (κ3) is 8.61. The van der Waals surface area contributed by atoms with Crippen LogP contribution in [0.2, 0.25) is 64.5 Å². The molecule has 1 rings (SSSR count). The average Bonchev–Trinajstić information content (AvgIpc) is 2.45. The summed E-state index contributed by atoms with van der Waals surface area (Å²) in [4.78, 5) is 0. The van der Waals surface area contributed by atoms with Gasteiger partial charge in [0, 0.05) is 12.0 Å². The van der Waals surface area contributed by atoms with Crippen LogP contribution in [0.4, 0.5) is 0 Å². The van der Waals surface area contributed by atoms with Crippen LogP contribution < -0.4 is 0 Å². The molecule has 0 radical (unpaired) electrons. The normalized spacial score (nSPS) is 21.8. The minimum atomic E-state index is -1.29. The van der Waals surface area contributed by atoms with Crippen molar-refractivity contribution in [2.75, 3.05) is 0 Å². The van der Waals surface area contributed by atoms with Crippen LogP contribution in [0.3, 0.4) is 0 Å². The summed E-state index contributed by atoms with van der Waals surface area (Å²) in [7, 11) is -3.75. The first-order valence-corrected chi connectivity index (χ1v) is 21.4. The fourth-order valence-corrected chi connectivity index (χ4v) is 8.15. The quantitative estimate of drug-likeness (QED) is 0.253. The molecule has 0 saturated heterocycles. The molecule has 0 spiro atoms. The first-order chi connectivity index (χ1) is 11.8. The van der Waals surface area contributed by atoms with Crippen LogP contribution >= 0.6 is 0 Å². The molecule has 1 atom stereocenters. The zero-order valence-electron chi connectivity index (χ0n) is 19.2. The summed E-state index contributed by atoms with van der Waals surface area (Å²) in [6, 6.07) is 0. The molecule has 3 heteroatoms. The Morgan fingerprint density at radius 1 is 0.692 bits per heavy atom. The lowest BCUT2D eigenvalue weighted by atomic mass is 10.1. The molecule has 0 fully saturated rings. The van der Waals surface area contributed by atoms with Crippen molar-refractivity contribution in [3.8, 4) is 11.8 Å². The number of rotatable bonds is 3. The van der Waals surface area contributed by atoms with Crippen molar-refractivity contribution in [2.45, 2.75) is 116 Å². The summed E-state index contributed by atoms with van der Waals surface area (Å²) in [5, 5.41) is 3.38. The molecule has 0 aliphatic heterocycles. The molecule has 26 heavy (non-hydrogen) atoms. The molecule has 1 unspecified atom stereocenters. The van der Waals surface area contributed by atoms with Crippen LogP contribution in [0.1, 0.15) is 51.4 Å². The molecule has 1 aliphatic rings. The Morgan fingerprint density at radius 2 is 1.19 bits per heavy atom. The minimum absolute atomic E-state index is 0.679. The van der Waals surface area contributed by atoms with E-state index in [1.807, 2.05) is 0 Å². The third-order valence-electron chi connectivity index (χ3n) is 5.58. The van der Waals surface area contributed by atoms with Crippen LogP contribution in [0.5, 0.6) is 0 Å². The topological polar surface area (TPSA) is 0 Å². The second-order valence-corrected chi connectivity index (χ2v) is 26.9. The van der Waals surface area contributed by atoms with Gasteiger partial charge in [-0.15, -0.1) is 17.6 Å². The van der Waals surface area contributed by atoms with Crippen molar-refractivity contribution in [1.82, 2.24) is 0 Å². The highest BCUT2D eigenvalue weighted by atomic mass is 28.3. The summed E-state index contributed by atoms with van der Waals surface area (Å²) >= 11 is 0. The van der Waals surface area contributed by atoms with Crippen molar-refractivity contribution < 1.29 is 0 Å². The van der Waals surface area contributed by atoms with E-state index in [1.165, 1.54) is 44.9 Å². The Bertz CT molecular complexity index is 576. The van der Waals surface area contributed by atoms with Gasteiger partial charge in [-0.25, -0.2) is 0 Å². The van der Waals surface area contributed by atoms with Crippen LogP contribution in [-0.2, 0) is 0 Å². The standard InChI is InChI=1S/C23H44Si3/c1-24(2,3)21-16-12-10-11-13-18-22(25(4,5)6)20-23(26(7,8)9)19-15-14-17-21/h21H,10-11,13-15,17-19H2,1-9H3. The SMILES string of the molecule is C[Si](C)(C)C1=C=C([Si](C)(C)C)CCCCC([Si](C)(C)C)C#CCCCC1. The smallest absolute Gasteiger partial charge is 0.0823 e. The summed E-state index contributed by atoms with van der Waals surface area (Å²) < 4.78 is 0. The molecule has 0 aromatic carbocycles. The summed E-state index contributed by atoms with van der Waals surface area (Å²) in [5.41, 5.74) is 4.74. The van der Waals surface area contributed by atoms with Gasteiger partial charge >= 0.3 is 0 Å². The lowest BCUT2D eigenvalue weighted by Crippen LogP contribution is -2.28. The Kier molecular flexibility index (Phi) is 8.94. The minimum Gasteiger partial charge on any atom is -0.132 e. The maximum atomic E-state index is 4.06. The molecule has 0 heterocycles. The van der Waals surface area contributed by atoms with Gasteiger partial charge in [-0.2, -0.15) is 0 Å². The van der Waals surface area contributed by atoms with Crippen LogP contribution in [-0.4, -0.2) is 24.2 Å². The zero-order valence-corrected chi connectivity index (χ0v) is 22.2. The van der Waals surface area contributed by atoms with Crippen molar-refractivity contribution in [2.24, 2.45) is 0 Å². The van der Waals surface area contributed by atoms with Crippen LogP contribution in [0, 0.1) is 11.8 Å². The van der Waals surface area contributed by atoms with Crippen molar-refractivity contribution in [3.05, 3.63) is 16.1 Å². The monoisotopic (exact) mass is 404 g/mol. The first-order valence-electron chi connectivity index (χ1n) is 10.8. The summed E-state index contributed by atoms with van der Waals surface area (Å²) in [5.74, 6) is 7.25. The van der Waals surface area contributed by atoms with E-state index in [4.69, 9.17) is 0 Å². The van der Waals surface area contributed by atoms with E-state index in [-0.39, 0.29) is 0 Å². The zero-order chi connectivity index (χ0) is 20.0. The van der Waals surface area contributed by atoms with E-state index in [2.05, 4.69) is 76.5 Å². The lowest BCUT2D eigenvalue weighted by molar-refractivity contribution is 0.685. The van der Waals surface area contributed by atoms with E-state index in [0.717, 1.165) is 6.42 Å². The molecule has 148 valence electrons. The number of hydrogen-bond donors (Lipinski definition) is 0. The second-order valence-electron chi connectivity index (χ2n) is 11.3. The molecule has 0 N–H and O–H groups in total. The fraction of sp³-hybridized carbons (Fsp3) is 0.783. The molecule has 0 saturated carbocycles. The Labute approximate surface area is 168 Å². The highest BCUT2D eigenvalue weighted by Crippen LogP contribution is 2.30. The van der Waals surface area contributed by atoms with Gasteiger partial charge in [-0.3, -0.25) is 0 Å². The second kappa shape index (κ2) is 9.78. The van der Waals surface area contributed by atoms with Gasteiger partial charge in [0.2, 0.25) is 0 Å². The first kappa shape index (κ1) is 23.8. The highest BCUT2D eigenvalue weighted by Gasteiger charge is 2.26. The predicted molar refractivity (Wildman–Crippen MR) is 129 cm³/mol. The van der Waals surface area contributed by atoms with Gasteiger partial charge < -0.3 is 0 Å². The fourth-order valence-electron chi connectivity index (χ4n) is 3.51. The molecule has 0 aromatic rings. The van der Waals surface area contributed by atoms with Gasteiger partial charge in [0.25, 0.3) is 0 Å². The van der Waals surface area contributed by atoms with Crippen LogP contribution in [0.15, 0.2) is 16.1 Å². The Balaban J connectivity index is 3.14. The van der Waals surface area contributed by atoms with Gasteiger partial charge in [0.05, 0.1) is 24.2 Å². The van der Waals surface area contributed by atoms with Gasteiger partial charge in [0.15, 0.2) is 0 Å². The van der Waals surface area contributed by atoms with Gasteiger partial charge in [-0.1, -0.05) is 65.3 Å². The van der Waals surface area contributed by atoms with Crippen molar-refractivity contribution in [1.29, 1.82) is 0 Å². The Morgan fingerprint density at radius 3 is 1.65 bits per heavy atom. The van der Waals surface area contributed by atoms with E-state index >= 15 is 0 Å². The maximum absolute atomic E-state index is 4.06.